The number of Topliss-reactive ketones (excluding diaryl/α,β-unsaturated/α-hetero) is 1. The van der Waals surface area contributed by atoms with Crippen molar-refractivity contribution in [3.05, 3.63) is 396 Å². The number of aromatic carboxylic acids is 2. The third-order valence-corrected chi connectivity index (χ3v) is 27.4. The van der Waals surface area contributed by atoms with E-state index in [0.717, 1.165) is 223 Å². The molecule has 0 aliphatic heterocycles. The van der Waals surface area contributed by atoms with Crippen LogP contribution in [0.25, 0.3) is 44.5 Å². The molecule has 5 N–H and O–H groups in total. The van der Waals surface area contributed by atoms with Gasteiger partial charge in [0.05, 0.1) is 80.7 Å². The zero-order chi connectivity index (χ0) is 103. The summed E-state index contributed by atoms with van der Waals surface area (Å²) in [4.78, 5) is 47.7. The zero-order valence-corrected chi connectivity index (χ0v) is 88.4. The second kappa shape index (κ2) is 49.0. The average Bonchev–Trinajstić information content (AvgIpc) is 0.777. The van der Waals surface area contributed by atoms with E-state index in [9.17, 15) is 33.6 Å². The summed E-state index contributed by atoms with van der Waals surface area (Å²) in [5.74, 6) is 4.57. The first-order valence-corrected chi connectivity index (χ1v) is 50.1. The molecule has 20 nitrogen and oxygen atoms in total. The van der Waals surface area contributed by atoms with E-state index in [0.29, 0.717) is 49.7 Å². The van der Waals surface area contributed by atoms with Gasteiger partial charge in [-0.1, -0.05) is 135 Å². The Morgan fingerprint density at radius 3 is 0.639 bits per heavy atom. The van der Waals surface area contributed by atoms with Crippen LogP contribution in [0.4, 0.5) is 0 Å². The molecule has 0 unspecified atom stereocenters. The van der Waals surface area contributed by atoms with E-state index in [-0.39, 0.29) is 47.2 Å². The molecule has 144 heavy (non-hydrogen) atoms. The second-order valence-corrected chi connectivity index (χ2v) is 40.7. The molecule has 0 aliphatic carbocycles. The van der Waals surface area contributed by atoms with Gasteiger partial charge in [-0.2, -0.15) is 0 Å². The summed E-state index contributed by atoms with van der Waals surface area (Å²) in [6, 6.07) is 73.3. The summed E-state index contributed by atoms with van der Waals surface area (Å²) in [6.07, 6.45) is 9.03. The molecule has 0 heterocycles. The van der Waals surface area contributed by atoms with Crippen molar-refractivity contribution < 1.29 is 115 Å². The van der Waals surface area contributed by atoms with E-state index in [1.54, 1.807) is 88.1 Å². The standard InChI is InChI=1S/C61H64O7.C59H60O8.C2H8O4S.Li.H2O/c1-13-42-22-36(2)48(32-57(42)64-8)28-53-24-38(4)50(34-59(53)66-10)30-54-25-39(5)49(35-60(54)67-11)29-52-23-37(3)47(33-58(52)65-9)27-51-31-55(44-16-14-43(15-17-44)41(7)62)40(6)26-56(51)45-18-20-46(21-19-45)61(63)68-12;1-11-39-20-34(2)45(30-54(39)64-7)26-50-22-36(4)47(32-56(50)66-9)28-51-23-37(5)46(33-57(51)67-10)27-49-21-35(3)44(31-55(49)65-8)25-48-29-52(40-12-16-42(17-13-40)58(60)61)38(6)24-53(48)41-14-18-43(19-15-41)59(62)63;1-7(2,4,5)6-3;;/h14-26,31-35H,13,27-30H2,1-12H3;12-24,29-33H,11,25-28H2,1-10H3,(H,60,61)(H,62,63);3H,1-2H3,(H,4,5);;1H2/q;;;+1;/p-1. The fourth-order valence-electron chi connectivity index (χ4n) is 18.7. The van der Waals surface area contributed by atoms with Gasteiger partial charge in [0.15, 0.2) is 5.78 Å². The molecule has 0 radical (unpaired) electrons. The summed E-state index contributed by atoms with van der Waals surface area (Å²) >= 11 is 0. The predicted octanol–water partition coefficient (Wildman–Crippen LogP) is 23.2. The molecular formula is C122H133LiO20S. The van der Waals surface area contributed by atoms with Crippen LogP contribution in [0.15, 0.2) is 218 Å². The molecule has 0 aromatic heterocycles. The number of ketones is 1. The quantitative estimate of drug-likeness (QED) is 0.00943. The van der Waals surface area contributed by atoms with E-state index in [2.05, 4.69) is 202 Å². The van der Waals surface area contributed by atoms with Crippen molar-refractivity contribution in [1.29, 1.82) is 0 Å². The Hall–Kier alpha value is -13.9. The molecule has 0 bridgehead atoms. The molecule has 0 saturated heterocycles. The molecule has 0 fully saturated rings. The Morgan fingerprint density at radius 2 is 0.451 bits per heavy atom. The molecule has 0 amide bonds. The van der Waals surface area contributed by atoms with Gasteiger partial charge in [-0.05, 0) is 399 Å². The first kappa shape index (κ1) is 112. The van der Waals surface area contributed by atoms with Crippen LogP contribution in [-0.4, -0.2) is 130 Å². The molecule has 14 aromatic carbocycles. The number of aryl methyl sites for hydroxylation is 12. The number of hydrogen-bond donors (Lipinski definition) is 4. The predicted molar refractivity (Wildman–Crippen MR) is 571 cm³/mol. The van der Waals surface area contributed by atoms with Gasteiger partial charge >= 0.3 is 36.8 Å². The van der Waals surface area contributed by atoms with Gasteiger partial charge < -0.3 is 62.9 Å². The molecule has 14 rings (SSSR count). The number of carboxylic acids is 2. The van der Waals surface area contributed by atoms with E-state index in [4.69, 9.17) is 52.4 Å². The monoisotopic (exact) mass is 1960 g/mol. The number of ether oxygens (including phenoxy) is 9. The number of hydrogen-bond acceptors (Lipinski definition) is 17. The number of benzene rings is 14. The van der Waals surface area contributed by atoms with Crippen LogP contribution < -0.4 is 56.8 Å². The first-order valence-electron chi connectivity index (χ1n) is 47.4. The summed E-state index contributed by atoms with van der Waals surface area (Å²) in [5, 5.41) is 26.8. The van der Waals surface area contributed by atoms with Crippen molar-refractivity contribution in [3.63, 3.8) is 0 Å². The minimum absolute atomic E-state index is 0. The fraction of sp³-hybridized carbons (Fsp3) is 0.279. The molecule has 14 aromatic rings. The maximum Gasteiger partial charge on any atom is 1.00 e. The molecule has 22 heteroatoms. The van der Waals surface area contributed by atoms with Crippen molar-refractivity contribution in [2.45, 2.75) is 154 Å². The van der Waals surface area contributed by atoms with Crippen molar-refractivity contribution in [3.8, 4) is 90.5 Å². The number of carboxylic acid groups (broad SMARTS) is 2. The minimum Gasteiger partial charge on any atom is -0.870 e. The molecule has 0 spiro atoms. The molecule has 0 aliphatic rings. The Labute approximate surface area is 859 Å². The second-order valence-electron chi connectivity index (χ2n) is 37.2. The summed E-state index contributed by atoms with van der Waals surface area (Å²) in [6.45, 7) is 27.3. The average molecular weight is 1960 g/mol. The molecule has 748 valence electrons. The maximum atomic E-state index is 12.3. The van der Waals surface area contributed by atoms with E-state index < -0.39 is 21.6 Å². The van der Waals surface area contributed by atoms with E-state index in [1.165, 1.54) is 68.3 Å². The van der Waals surface area contributed by atoms with Gasteiger partial charge in [-0.25, -0.2) is 23.8 Å². The van der Waals surface area contributed by atoms with Gasteiger partial charge in [0.1, 0.15) is 55.6 Å². The van der Waals surface area contributed by atoms with Gasteiger partial charge in [-0.3, -0.25) is 4.79 Å². The summed E-state index contributed by atoms with van der Waals surface area (Å²) < 4.78 is 74.7. The van der Waals surface area contributed by atoms with Crippen molar-refractivity contribution >= 4 is 33.3 Å². The fourth-order valence-corrected chi connectivity index (χ4v) is 18.7. The first-order chi connectivity index (χ1) is 67.6. The molecule has 0 atom stereocenters. The number of methoxy groups -OCH3 is 9. The van der Waals surface area contributed by atoms with E-state index in [1.807, 2.05) is 79.7 Å². The van der Waals surface area contributed by atoms with Gasteiger partial charge in [0.25, 0.3) is 0 Å². The number of rotatable bonds is 35. The van der Waals surface area contributed by atoms with Crippen LogP contribution in [0.1, 0.15) is 218 Å². The van der Waals surface area contributed by atoms with Crippen LogP contribution in [0, 0.1) is 69.2 Å². The number of carbonyl (C=O) groups excluding carboxylic acids is 2. The normalized spacial score (nSPS) is 11.2. The summed E-state index contributed by atoms with van der Waals surface area (Å²) in [7, 11) is 11.2. The van der Waals surface area contributed by atoms with Crippen molar-refractivity contribution in [2.75, 3.05) is 76.5 Å². The van der Waals surface area contributed by atoms with Gasteiger partial charge in [0.2, 0.25) is 0 Å². The number of esters is 1. The van der Waals surface area contributed by atoms with Crippen molar-refractivity contribution in [2.24, 2.45) is 0 Å². The zero-order valence-electron chi connectivity index (χ0n) is 87.6. The van der Waals surface area contributed by atoms with Crippen LogP contribution in [-0.2, 0) is 82.9 Å². The third kappa shape index (κ3) is 27.2. The largest absolute Gasteiger partial charge is 1.00 e. The molecule has 0 saturated carbocycles. The Balaban J connectivity index is 0.000000273. The third-order valence-electron chi connectivity index (χ3n) is 26.9. The van der Waals surface area contributed by atoms with Crippen LogP contribution >= 0.6 is 0 Å². The number of carbonyl (C=O) groups is 4. The Morgan fingerprint density at radius 1 is 0.264 bits per heavy atom. The smallest absolute Gasteiger partial charge is 0.870 e. The van der Waals surface area contributed by atoms with Crippen LogP contribution in [0.5, 0.6) is 46.0 Å². The Bertz CT molecular complexity index is 7120. The minimum atomic E-state index is -4.06. The van der Waals surface area contributed by atoms with Crippen LogP contribution in [0.3, 0.4) is 0 Å². The molecular weight excluding hydrogens is 1820 g/mol. The van der Waals surface area contributed by atoms with Gasteiger partial charge in [0, 0.05) is 56.6 Å². The Kier molecular flexibility index (Phi) is 38.1. The van der Waals surface area contributed by atoms with E-state index >= 15 is 0 Å². The topological polar surface area (TPSA) is 289 Å². The SMILES string of the molecule is CCc1cc(C)c(Cc2cc(C)c(Cc3cc(C)c(Cc4cc(C)c(Cc5cc(-c6ccc(C(=O)O)cc6)c(C)cc5-c5ccc(C(=O)O)cc5)cc4OC)cc3OC)cc2OC)cc1OC.CCc1cc(C)c(Cc2cc(C)c(Cc3cc(C)c(Cc4cc(C)c(Cc5cc(-c6ccc(C(C)=O)cc6)c(C)cc5-c5ccc(C(=O)OC)cc5)cc4OC)cc3OC)cc2OC)cc1OC.CS(C)(=O)(O)OO.[Li+].[OH-]. The van der Waals surface area contributed by atoms with Crippen LogP contribution in [0.2, 0.25) is 0 Å². The summed E-state index contributed by atoms with van der Waals surface area (Å²) in [5.41, 5.74) is 41.8. The maximum absolute atomic E-state index is 12.3. The van der Waals surface area contributed by atoms with Crippen molar-refractivity contribution in [1.82, 2.24) is 0 Å². The van der Waals surface area contributed by atoms with Gasteiger partial charge in [-0.15, -0.1) is 4.33 Å².